The van der Waals surface area contributed by atoms with Crippen LogP contribution in [0.2, 0.25) is 5.15 Å². The number of halogens is 1. The van der Waals surface area contributed by atoms with Crippen molar-refractivity contribution in [3.63, 3.8) is 0 Å². The number of nitrogens with zero attached hydrogens (tertiary/aromatic N) is 1. The second-order valence-electron chi connectivity index (χ2n) is 4.13. The number of nitrogens with one attached hydrogen (secondary N) is 1. The first-order valence-corrected chi connectivity index (χ1v) is 6.12. The fourth-order valence-electron chi connectivity index (χ4n) is 1.68. The Kier molecular flexibility index (Phi) is 4.00. The molecule has 2 N–H and O–H groups in total. The maximum atomic E-state index is 12.1. The molecule has 0 saturated heterocycles. The molecule has 0 spiro atoms. The van der Waals surface area contributed by atoms with Gasteiger partial charge in [0.2, 0.25) is 0 Å². The average molecular weight is 291 g/mol. The van der Waals surface area contributed by atoms with Crippen LogP contribution < -0.4 is 5.32 Å². The van der Waals surface area contributed by atoms with Crippen molar-refractivity contribution >= 4 is 29.2 Å². The molecule has 1 aromatic heterocycles. The smallest absolute Gasteiger partial charge is 0.335 e. The quantitative estimate of drug-likeness (QED) is 0.852. The van der Waals surface area contributed by atoms with E-state index in [0.29, 0.717) is 11.3 Å². The highest BCUT2D eigenvalue weighted by atomic mass is 35.5. The number of hydrogen-bond donors (Lipinski definition) is 2. The number of aromatic carboxylic acids is 1. The number of carboxylic acids is 1. The standard InChI is InChI=1S/C14H11ClN2O3/c1-8-7-9(14(19)20)4-5-11(8)17-13(18)10-3-2-6-16-12(10)15/h2-7H,1H3,(H,17,18)(H,19,20). The van der Waals surface area contributed by atoms with E-state index >= 15 is 0 Å². The van der Waals surface area contributed by atoms with Gasteiger partial charge in [-0.3, -0.25) is 4.79 Å². The maximum absolute atomic E-state index is 12.1. The molecule has 20 heavy (non-hydrogen) atoms. The molecular weight excluding hydrogens is 280 g/mol. The summed E-state index contributed by atoms with van der Waals surface area (Å²) < 4.78 is 0. The van der Waals surface area contributed by atoms with E-state index in [9.17, 15) is 9.59 Å². The van der Waals surface area contributed by atoms with Crippen LogP contribution in [0.25, 0.3) is 0 Å². The predicted octanol–water partition coefficient (Wildman–Crippen LogP) is 2.99. The molecule has 6 heteroatoms. The lowest BCUT2D eigenvalue weighted by Gasteiger charge is -2.09. The molecule has 102 valence electrons. The summed E-state index contributed by atoms with van der Waals surface area (Å²) in [5.41, 5.74) is 1.61. The molecule has 0 aliphatic carbocycles. The number of carbonyl (C=O) groups is 2. The lowest BCUT2D eigenvalue weighted by molar-refractivity contribution is 0.0696. The number of rotatable bonds is 3. The SMILES string of the molecule is Cc1cc(C(=O)O)ccc1NC(=O)c1cccnc1Cl. The summed E-state index contributed by atoms with van der Waals surface area (Å²) in [5.74, 6) is -1.41. The topological polar surface area (TPSA) is 79.3 Å². The van der Waals surface area contributed by atoms with E-state index in [1.807, 2.05) is 0 Å². The van der Waals surface area contributed by atoms with Gasteiger partial charge in [0.25, 0.3) is 5.91 Å². The van der Waals surface area contributed by atoms with Gasteiger partial charge in [-0.25, -0.2) is 9.78 Å². The number of anilines is 1. The molecule has 1 aromatic carbocycles. The summed E-state index contributed by atoms with van der Waals surface area (Å²) in [6.07, 6.45) is 1.49. The fraction of sp³-hybridized carbons (Fsp3) is 0.0714. The number of carbonyl (C=O) groups excluding carboxylic acids is 1. The van der Waals surface area contributed by atoms with E-state index in [4.69, 9.17) is 16.7 Å². The number of hydrogen-bond acceptors (Lipinski definition) is 3. The zero-order valence-electron chi connectivity index (χ0n) is 10.6. The number of carboxylic acid groups (broad SMARTS) is 1. The normalized spacial score (nSPS) is 10.1. The molecular formula is C14H11ClN2O3. The molecule has 0 bridgehead atoms. The van der Waals surface area contributed by atoms with Crippen LogP contribution in [-0.4, -0.2) is 22.0 Å². The molecule has 0 aliphatic rings. The van der Waals surface area contributed by atoms with Crippen molar-refractivity contribution in [3.05, 3.63) is 58.4 Å². The van der Waals surface area contributed by atoms with Gasteiger partial charge in [0, 0.05) is 11.9 Å². The minimum Gasteiger partial charge on any atom is -0.478 e. The Balaban J connectivity index is 2.25. The van der Waals surface area contributed by atoms with Crippen LogP contribution in [0.3, 0.4) is 0 Å². The Morgan fingerprint density at radius 1 is 1.30 bits per heavy atom. The van der Waals surface area contributed by atoms with Crippen LogP contribution in [-0.2, 0) is 0 Å². The summed E-state index contributed by atoms with van der Waals surface area (Å²) in [7, 11) is 0. The van der Waals surface area contributed by atoms with Gasteiger partial charge >= 0.3 is 5.97 Å². The van der Waals surface area contributed by atoms with Gasteiger partial charge in [-0.15, -0.1) is 0 Å². The monoisotopic (exact) mass is 290 g/mol. The average Bonchev–Trinajstić information content (AvgIpc) is 2.41. The van der Waals surface area contributed by atoms with Crippen molar-refractivity contribution < 1.29 is 14.7 Å². The summed E-state index contributed by atoms with van der Waals surface area (Å²) in [6, 6.07) is 7.63. The first-order valence-electron chi connectivity index (χ1n) is 5.75. The van der Waals surface area contributed by atoms with Gasteiger partial charge in [0.15, 0.2) is 0 Å². The predicted molar refractivity (Wildman–Crippen MR) is 75.3 cm³/mol. The molecule has 0 saturated carbocycles. The van der Waals surface area contributed by atoms with Crippen molar-refractivity contribution in [1.29, 1.82) is 0 Å². The van der Waals surface area contributed by atoms with Gasteiger partial charge in [-0.2, -0.15) is 0 Å². The van der Waals surface area contributed by atoms with E-state index in [2.05, 4.69) is 10.3 Å². The van der Waals surface area contributed by atoms with Crippen LogP contribution in [0.15, 0.2) is 36.5 Å². The summed E-state index contributed by atoms with van der Waals surface area (Å²) >= 11 is 5.84. The summed E-state index contributed by atoms with van der Waals surface area (Å²) in [5, 5.41) is 11.7. The third kappa shape index (κ3) is 2.95. The second kappa shape index (κ2) is 5.71. The number of amides is 1. The Bertz CT molecular complexity index is 686. The highest BCUT2D eigenvalue weighted by Crippen LogP contribution is 2.19. The third-order valence-electron chi connectivity index (χ3n) is 2.73. The van der Waals surface area contributed by atoms with E-state index < -0.39 is 11.9 Å². The zero-order valence-corrected chi connectivity index (χ0v) is 11.3. The Labute approximate surface area is 120 Å². The molecule has 0 unspecified atom stereocenters. The van der Waals surface area contributed by atoms with Gasteiger partial charge in [0.05, 0.1) is 11.1 Å². The fourth-order valence-corrected chi connectivity index (χ4v) is 1.89. The Morgan fingerprint density at radius 3 is 2.65 bits per heavy atom. The first kappa shape index (κ1) is 14.0. The van der Waals surface area contributed by atoms with E-state index in [0.717, 1.165) is 0 Å². The van der Waals surface area contributed by atoms with Crippen LogP contribution in [0.4, 0.5) is 5.69 Å². The van der Waals surface area contributed by atoms with Crippen molar-refractivity contribution in [1.82, 2.24) is 4.98 Å². The molecule has 5 nitrogen and oxygen atoms in total. The number of aromatic nitrogens is 1. The van der Waals surface area contributed by atoms with Crippen molar-refractivity contribution in [2.24, 2.45) is 0 Å². The van der Waals surface area contributed by atoms with Gasteiger partial charge < -0.3 is 10.4 Å². The zero-order chi connectivity index (χ0) is 14.7. The highest BCUT2D eigenvalue weighted by molar-refractivity contribution is 6.33. The molecule has 0 fully saturated rings. The van der Waals surface area contributed by atoms with E-state index in [-0.39, 0.29) is 16.3 Å². The van der Waals surface area contributed by atoms with E-state index in [1.54, 1.807) is 25.1 Å². The van der Waals surface area contributed by atoms with Crippen LogP contribution in [0.1, 0.15) is 26.3 Å². The van der Waals surface area contributed by atoms with Crippen LogP contribution in [0.5, 0.6) is 0 Å². The van der Waals surface area contributed by atoms with Crippen LogP contribution in [0, 0.1) is 6.92 Å². The lowest BCUT2D eigenvalue weighted by Crippen LogP contribution is -2.14. The van der Waals surface area contributed by atoms with Crippen LogP contribution >= 0.6 is 11.6 Å². The maximum Gasteiger partial charge on any atom is 0.335 e. The molecule has 1 amide bonds. The molecule has 2 rings (SSSR count). The minimum absolute atomic E-state index is 0.116. The number of pyridine rings is 1. The molecule has 2 aromatic rings. The third-order valence-corrected chi connectivity index (χ3v) is 3.03. The number of aryl methyl sites for hydroxylation is 1. The molecule has 0 atom stereocenters. The Morgan fingerprint density at radius 2 is 2.05 bits per heavy atom. The molecule has 0 radical (unpaired) electrons. The van der Waals surface area contributed by atoms with Crippen molar-refractivity contribution in [3.8, 4) is 0 Å². The lowest BCUT2D eigenvalue weighted by atomic mass is 10.1. The molecule has 1 heterocycles. The summed E-state index contributed by atoms with van der Waals surface area (Å²) in [4.78, 5) is 26.7. The van der Waals surface area contributed by atoms with Gasteiger partial charge in [0.1, 0.15) is 5.15 Å². The second-order valence-corrected chi connectivity index (χ2v) is 4.49. The summed E-state index contributed by atoms with van der Waals surface area (Å²) in [6.45, 7) is 1.72. The van der Waals surface area contributed by atoms with E-state index in [1.165, 1.54) is 18.3 Å². The Hall–Kier alpha value is -2.40. The van der Waals surface area contributed by atoms with Gasteiger partial charge in [-0.1, -0.05) is 11.6 Å². The van der Waals surface area contributed by atoms with Crippen molar-refractivity contribution in [2.75, 3.05) is 5.32 Å². The van der Waals surface area contributed by atoms with Crippen molar-refractivity contribution in [2.45, 2.75) is 6.92 Å². The minimum atomic E-state index is -1.01. The largest absolute Gasteiger partial charge is 0.478 e. The molecule has 0 aliphatic heterocycles. The number of benzene rings is 1. The highest BCUT2D eigenvalue weighted by Gasteiger charge is 2.13. The first-order chi connectivity index (χ1) is 9.49. The van der Waals surface area contributed by atoms with Gasteiger partial charge in [-0.05, 0) is 42.8 Å².